The van der Waals surface area contributed by atoms with Crippen LogP contribution in [0.25, 0.3) is 0 Å². The smallest absolute Gasteiger partial charge is 0.348 e. The Kier molecular flexibility index (Phi) is 7.69. The van der Waals surface area contributed by atoms with Gasteiger partial charge in [-0.25, -0.2) is 4.79 Å². The number of hydrogen-bond donors (Lipinski definition) is 1. The van der Waals surface area contributed by atoms with E-state index in [9.17, 15) is 19.5 Å². The number of thiophene rings is 1. The van der Waals surface area contributed by atoms with Crippen molar-refractivity contribution in [2.45, 2.75) is 72.3 Å². The van der Waals surface area contributed by atoms with E-state index < -0.39 is 12.0 Å². The van der Waals surface area contributed by atoms with E-state index in [0.29, 0.717) is 36.4 Å². The summed E-state index contributed by atoms with van der Waals surface area (Å²) in [7, 11) is 1.75. The van der Waals surface area contributed by atoms with E-state index in [-0.39, 0.29) is 28.0 Å². The number of amides is 2. The molecule has 1 aliphatic heterocycles. The molecule has 0 saturated carbocycles. The van der Waals surface area contributed by atoms with Crippen LogP contribution in [0.15, 0.2) is 17.7 Å². The fourth-order valence-electron chi connectivity index (χ4n) is 4.26. The molecule has 7 heteroatoms. The number of anilines is 1. The lowest BCUT2D eigenvalue weighted by molar-refractivity contribution is -0.133. The topological polar surface area (TPSA) is 77.9 Å². The van der Waals surface area contributed by atoms with Crippen molar-refractivity contribution in [3.63, 3.8) is 0 Å². The Morgan fingerprint density at radius 2 is 1.97 bits per heavy atom. The third-order valence-electron chi connectivity index (χ3n) is 6.15. The van der Waals surface area contributed by atoms with Crippen molar-refractivity contribution < 1.29 is 19.5 Å². The van der Waals surface area contributed by atoms with E-state index >= 15 is 0 Å². The molecule has 33 heavy (non-hydrogen) atoms. The van der Waals surface area contributed by atoms with Crippen LogP contribution in [0.3, 0.4) is 0 Å². The van der Waals surface area contributed by atoms with E-state index in [1.807, 2.05) is 20.8 Å². The predicted octanol–water partition coefficient (Wildman–Crippen LogP) is 4.93. The Labute approximate surface area is 200 Å². The second kappa shape index (κ2) is 10.1. The summed E-state index contributed by atoms with van der Waals surface area (Å²) in [5.74, 6) is 4.55. The lowest BCUT2D eigenvalue weighted by Crippen LogP contribution is -2.51. The van der Waals surface area contributed by atoms with Crippen molar-refractivity contribution in [3.05, 3.63) is 27.5 Å². The molecule has 1 aromatic rings. The minimum Gasteiger partial charge on any atom is -0.477 e. The van der Waals surface area contributed by atoms with E-state index in [1.54, 1.807) is 18.0 Å². The number of rotatable bonds is 4. The van der Waals surface area contributed by atoms with Crippen LogP contribution in [0.4, 0.5) is 5.69 Å². The molecule has 2 aliphatic rings. The standard InChI is InChI=1S/C26H34N2O4S/c1-17-9-11-18(12-10-17)23(29)28(20-8-6-7-15-27(5)24(20)30)21-16-19(13-14-26(2,3)4)33-22(21)25(31)32/h9,16,18,20H,6-8,10-12,15H2,1-5H3,(H,31,32)/t18-,20+/m1/s1. The van der Waals surface area contributed by atoms with Gasteiger partial charge in [-0.1, -0.05) is 23.5 Å². The van der Waals surface area contributed by atoms with Gasteiger partial charge in [0.15, 0.2) is 0 Å². The zero-order valence-electron chi connectivity index (χ0n) is 20.2. The maximum absolute atomic E-state index is 13.9. The van der Waals surface area contributed by atoms with Gasteiger partial charge in [0.05, 0.1) is 10.6 Å². The SMILES string of the molecule is CC1=CC[C@@H](C(=O)N(c2cc(C#CC(C)(C)C)sc2C(=O)O)[C@H]2CCCCN(C)C2=O)CC1. The minimum absolute atomic E-state index is 0.0591. The second-order valence-corrected chi connectivity index (χ2v) is 11.2. The molecule has 6 nitrogen and oxygen atoms in total. The number of carbonyl (C=O) groups is 3. The number of aromatic carboxylic acids is 1. The summed E-state index contributed by atoms with van der Waals surface area (Å²) in [6.07, 6.45) is 6.42. The number of hydrogen-bond acceptors (Lipinski definition) is 4. The summed E-state index contributed by atoms with van der Waals surface area (Å²) >= 11 is 1.07. The zero-order chi connectivity index (χ0) is 24.3. The van der Waals surface area contributed by atoms with Crippen molar-refractivity contribution in [2.24, 2.45) is 11.3 Å². The van der Waals surface area contributed by atoms with Gasteiger partial charge in [0.1, 0.15) is 10.9 Å². The van der Waals surface area contributed by atoms with Crippen LogP contribution in [0.5, 0.6) is 0 Å². The van der Waals surface area contributed by atoms with E-state index in [0.717, 1.165) is 30.6 Å². The lowest BCUT2D eigenvalue weighted by Gasteiger charge is -2.35. The molecular weight excluding hydrogens is 436 g/mol. The summed E-state index contributed by atoms with van der Waals surface area (Å²) in [5.41, 5.74) is 1.32. The largest absolute Gasteiger partial charge is 0.477 e. The number of carbonyl (C=O) groups excluding carboxylic acids is 2. The first-order chi connectivity index (χ1) is 15.5. The number of nitrogens with zero attached hydrogens (tertiary/aromatic N) is 2. The number of likely N-dealkylation sites (tertiary alicyclic amines) is 1. The Bertz CT molecular complexity index is 1020. The highest BCUT2D eigenvalue weighted by molar-refractivity contribution is 7.15. The number of carboxylic acid groups (broad SMARTS) is 1. The minimum atomic E-state index is -1.11. The van der Waals surface area contributed by atoms with Gasteiger partial charge >= 0.3 is 5.97 Å². The van der Waals surface area contributed by atoms with E-state index in [2.05, 4.69) is 24.8 Å². The highest BCUT2D eigenvalue weighted by atomic mass is 32.1. The van der Waals surface area contributed by atoms with Gasteiger partial charge in [0.2, 0.25) is 11.8 Å². The first kappa shape index (κ1) is 25.0. The van der Waals surface area contributed by atoms with Crippen LogP contribution in [-0.4, -0.2) is 47.4 Å². The third-order valence-corrected chi connectivity index (χ3v) is 7.17. The maximum atomic E-state index is 13.9. The molecule has 0 aromatic carbocycles. The highest BCUT2D eigenvalue weighted by Crippen LogP contribution is 2.36. The molecule has 0 radical (unpaired) electrons. The van der Waals surface area contributed by atoms with Crippen molar-refractivity contribution in [1.82, 2.24) is 4.90 Å². The molecule has 2 heterocycles. The molecule has 1 aliphatic carbocycles. The van der Waals surface area contributed by atoms with Crippen LogP contribution in [0.1, 0.15) is 80.8 Å². The van der Waals surface area contributed by atoms with Crippen molar-refractivity contribution >= 4 is 34.8 Å². The van der Waals surface area contributed by atoms with Crippen LogP contribution in [0.2, 0.25) is 0 Å². The van der Waals surface area contributed by atoms with Gasteiger partial charge in [0, 0.05) is 24.9 Å². The molecule has 3 rings (SSSR count). The number of carboxylic acids is 1. The molecule has 1 aromatic heterocycles. The highest BCUT2D eigenvalue weighted by Gasteiger charge is 2.39. The first-order valence-electron chi connectivity index (χ1n) is 11.6. The van der Waals surface area contributed by atoms with Gasteiger partial charge in [-0.05, 0) is 72.3 Å². The molecule has 0 unspecified atom stereocenters. The predicted molar refractivity (Wildman–Crippen MR) is 131 cm³/mol. The van der Waals surface area contributed by atoms with Gasteiger partial charge in [-0.3, -0.25) is 14.5 Å². The second-order valence-electron chi connectivity index (χ2n) is 10.1. The molecule has 1 N–H and O–H groups in total. The van der Waals surface area contributed by atoms with Crippen molar-refractivity contribution in [3.8, 4) is 11.8 Å². The fraction of sp³-hybridized carbons (Fsp3) is 0.577. The molecular formula is C26H34N2O4S. The first-order valence-corrected chi connectivity index (χ1v) is 12.4. The van der Waals surface area contributed by atoms with E-state index in [4.69, 9.17) is 0 Å². The monoisotopic (exact) mass is 470 g/mol. The maximum Gasteiger partial charge on any atom is 0.348 e. The average molecular weight is 471 g/mol. The molecule has 2 amide bonds. The van der Waals surface area contributed by atoms with Gasteiger partial charge in [-0.2, -0.15) is 0 Å². The number of allylic oxidation sites excluding steroid dienone is 2. The third kappa shape index (κ3) is 6.05. The van der Waals surface area contributed by atoms with Crippen molar-refractivity contribution in [2.75, 3.05) is 18.5 Å². The van der Waals surface area contributed by atoms with Crippen molar-refractivity contribution in [1.29, 1.82) is 0 Å². The quantitative estimate of drug-likeness (QED) is 0.500. The summed E-state index contributed by atoms with van der Waals surface area (Å²) in [6.45, 7) is 8.66. The zero-order valence-corrected chi connectivity index (χ0v) is 21.1. The number of likely N-dealkylation sites (N-methyl/N-ethyl adjacent to an activating group) is 1. The van der Waals surface area contributed by atoms with Crippen LogP contribution in [0, 0.1) is 23.2 Å². The lowest BCUT2D eigenvalue weighted by atomic mass is 9.88. The fourth-order valence-corrected chi connectivity index (χ4v) is 5.11. The summed E-state index contributed by atoms with van der Waals surface area (Å²) in [6, 6.07) is 0.987. The normalized spacial score (nSPS) is 21.5. The Hall–Kier alpha value is -2.59. The van der Waals surface area contributed by atoms with Gasteiger partial charge < -0.3 is 10.0 Å². The van der Waals surface area contributed by atoms with Crippen LogP contribution in [-0.2, 0) is 9.59 Å². The van der Waals surface area contributed by atoms with Gasteiger partial charge in [0.25, 0.3) is 0 Å². The summed E-state index contributed by atoms with van der Waals surface area (Å²) in [4.78, 5) is 43.2. The Morgan fingerprint density at radius 1 is 1.24 bits per heavy atom. The summed E-state index contributed by atoms with van der Waals surface area (Å²) in [5, 5.41) is 9.97. The Morgan fingerprint density at radius 3 is 2.58 bits per heavy atom. The summed E-state index contributed by atoms with van der Waals surface area (Å²) < 4.78 is 0. The van der Waals surface area contributed by atoms with Crippen LogP contribution < -0.4 is 4.90 Å². The van der Waals surface area contributed by atoms with Crippen LogP contribution >= 0.6 is 11.3 Å². The Balaban J connectivity index is 2.11. The molecule has 1 fully saturated rings. The molecule has 178 valence electrons. The molecule has 2 atom stereocenters. The molecule has 0 spiro atoms. The van der Waals surface area contributed by atoms with E-state index in [1.165, 1.54) is 10.5 Å². The average Bonchev–Trinajstić information content (AvgIpc) is 3.10. The molecule has 1 saturated heterocycles. The molecule has 0 bridgehead atoms. The van der Waals surface area contributed by atoms with Gasteiger partial charge in [-0.15, -0.1) is 11.3 Å².